The summed E-state index contributed by atoms with van der Waals surface area (Å²) in [7, 11) is 1.30. The molecule has 3 aromatic rings. The van der Waals surface area contributed by atoms with Crippen LogP contribution in [0.5, 0.6) is 0 Å². The number of fused-ring (bicyclic) bond motifs is 8. The van der Waals surface area contributed by atoms with Crippen LogP contribution in [-0.4, -0.2) is 82.3 Å². The number of rotatable bonds is 14. The first-order chi connectivity index (χ1) is 25.8. The Kier molecular flexibility index (Phi) is 12.7. The fraction of sp³-hybridized carbons (Fsp3) is 0.463. The van der Waals surface area contributed by atoms with Crippen LogP contribution in [-0.2, 0) is 52.7 Å². The number of nitrogens with zero attached hydrogens (tertiary/aromatic N) is 2. The summed E-state index contributed by atoms with van der Waals surface area (Å²) in [5, 5.41) is 12.7. The molecule has 0 spiro atoms. The maximum atomic E-state index is 14.2. The molecule has 13 heteroatoms. The van der Waals surface area contributed by atoms with Crippen molar-refractivity contribution in [1.82, 2.24) is 25.3 Å². The molecule has 5 heterocycles. The van der Waals surface area contributed by atoms with Crippen molar-refractivity contribution >= 4 is 57.0 Å². The van der Waals surface area contributed by atoms with Gasteiger partial charge in [-0.1, -0.05) is 20.8 Å². The molecule has 0 aliphatic carbocycles. The number of aromatic nitrogens is 4. The van der Waals surface area contributed by atoms with E-state index in [0.717, 1.165) is 57.3 Å². The van der Waals surface area contributed by atoms with Crippen molar-refractivity contribution < 1.29 is 38.5 Å². The first kappa shape index (κ1) is 39.9. The minimum absolute atomic E-state index is 0.103. The summed E-state index contributed by atoms with van der Waals surface area (Å²) in [6.07, 6.45) is 1.47. The number of ether oxygens (including phenoxy) is 3. The van der Waals surface area contributed by atoms with Gasteiger partial charge in [-0.2, -0.15) is 0 Å². The number of esters is 2. The van der Waals surface area contributed by atoms with Crippen LogP contribution in [0.1, 0.15) is 110 Å². The van der Waals surface area contributed by atoms with Crippen molar-refractivity contribution in [3.63, 3.8) is 0 Å². The molecule has 0 aromatic carbocycles. The largest absolute Gasteiger partial charge is 0.481 e. The molecule has 54 heavy (non-hydrogen) atoms. The average molecular weight is 742 g/mol. The lowest BCUT2D eigenvalue weighted by molar-refractivity contribution is -0.142. The van der Waals surface area contributed by atoms with Crippen molar-refractivity contribution in [3.8, 4) is 0 Å². The number of aryl methyl sites for hydroxylation is 4. The molecule has 2 atom stereocenters. The fourth-order valence-electron chi connectivity index (χ4n) is 7.51. The van der Waals surface area contributed by atoms with Crippen LogP contribution in [0.25, 0.3) is 33.2 Å². The zero-order valence-electron chi connectivity index (χ0n) is 32.5. The first-order valence-corrected chi connectivity index (χ1v) is 18.5. The van der Waals surface area contributed by atoms with E-state index in [1.165, 1.54) is 19.6 Å². The number of aliphatic carboxylic acids is 1. The van der Waals surface area contributed by atoms with Gasteiger partial charge in [0.05, 0.1) is 49.4 Å². The van der Waals surface area contributed by atoms with E-state index in [2.05, 4.69) is 49.0 Å². The molecule has 0 radical (unpaired) electrons. The van der Waals surface area contributed by atoms with Crippen LogP contribution in [0.2, 0.25) is 0 Å². The number of carbonyl (C=O) groups excluding carboxylic acids is 3. The lowest BCUT2D eigenvalue weighted by atomic mass is 9.84. The Balaban J connectivity index is 1.82. The third-order valence-corrected chi connectivity index (χ3v) is 10.5. The van der Waals surface area contributed by atoms with Crippen LogP contribution >= 0.6 is 0 Å². The Bertz CT molecular complexity index is 2160. The summed E-state index contributed by atoms with van der Waals surface area (Å²) in [6.45, 7) is 14.2. The highest BCUT2D eigenvalue weighted by Crippen LogP contribution is 2.44. The van der Waals surface area contributed by atoms with Crippen molar-refractivity contribution in [3.05, 3.63) is 68.8 Å². The summed E-state index contributed by atoms with van der Waals surface area (Å²) < 4.78 is 15.6. The number of amides is 1. The van der Waals surface area contributed by atoms with Gasteiger partial charge in [0.1, 0.15) is 6.61 Å². The molecule has 288 valence electrons. The van der Waals surface area contributed by atoms with Gasteiger partial charge in [0, 0.05) is 65.0 Å². The molecule has 4 N–H and O–H groups in total. The molecule has 3 aromatic heterocycles. The first-order valence-electron chi connectivity index (χ1n) is 18.5. The Morgan fingerprint density at radius 3 is 2.13 bits per heavy atom. The maximum Gasteiger partial charge on any atom is 0.310 e. The zero-order chi connectivity index (χ0) is 39.3. The molecule has 2 unspecified atom stereocenters. The van der Waals surface area contributed by atoms with E-state index in [0.29, 0.717) is 22.5 Å². The molecule has 5 rings (SSSR count). The number of aromatic amines is 2. The van der Waals surface area contributed by atoms with E-state index < -0.39 is 23.8 Å². The van der Waals surface area contributed by atoms with Crippen molar-refractivity contribution in [1.29, 1.82) is 0 Å². The van der Waals surface area contributed by atoms with Gasteiger partial charge in [-0.15, -0.1) is 0 Å². The smallest absolute Gasteiger partial charge is 0.310 e. The SMILES string of the molecule is CCc1c(C)c2cc3[nH]c(cc4nc(c(CC(=O)OC)c5nc(cc1[nH]2)C(C)=C5C(=O)NCCOCCOC(C)=O)C(CCC(=O)O)C4C)c(C)c3CC. The second kappa shape index (κ2) is 17.2. The van der Waals surface area contributed by atoms with Gasteiger partial charge < -0.3 is 34.6 Å². The van der Waals surface area contributed by atoms with E-state index in [1.54, 1.807) is 0 Å². The molecule has 13 nitrogen and oxygen atoms in total. The van der Waals surface area contributed by atoms with Gasteiger partial charge in [0.25, 0.3) is 5.91 Å². The molecular weight excluding hydrogens is 690 g/mol. The Hall–Kier alpha value is -5.30. The number of methoxy groups -OCH3 is 1. The number of H-pyrrole nitrogens is 2. The van der Waals surface area contributed by atoms with Gasteiger partial charge in [-0.25, -0.2) is 4.98 Å². The summed E-state index contributed by atoms with van der Waals surface area (Å²) in [5.74, 6) is -2.92. The lowest BCUT2D eigenvalue weighted by Gasteiger charge is -2.18. The summed E-state index contributed by atoms with van der Waals surface area (Å²) in [6, 6.07) is 6.10. The number of carboxylic acid groups (broad SMARTS) is 1. The lowest BCUT2D eigenvalue weighted by Crippen LogP contribution is -2.29. The number of nitrogens with one attached hydrogen (secondary N) is 3. The monoisotopic (exact) mass is 741 g/mol. The highest BCUT2D eigenvalue weighted by atomic mass is 16.6. The third-order valence-electron chi connectivity index (χ3n) is 10.5. The molecule has 0 saturated carbocycles. The topological polar surface area (TPSA) is 186 Å². The van der Waals surface area contributed by atoms with Gasteiger partial charge in [0.15, 0.2) is 0 Å². The van der Waals surface area contributed by atoms with Gasteiger partial charge in [-0.3, -0.25) is 24.2 Å². The minimum atomic E-state index is -0.943. The zero-order valence-corrected chi connectivity index (χ0v) is 32.5. The van der Waals surface area contributed by atoms with E-state index >= 15 is 0 Å². The van der Waals surface area contributed by atoms with E-state index in [-0.39, 0.29) is 68.7 Å². The van der Waals surface area contributed by atoms with Crippen molar-refractivity contribution in [2.75, 3.05) is 33.5 Å². The Labute approximate surface area is 314 Å². The van der Waals surface area contributed by atoms with E-state index in [4.69, 9.17) is 24.2 Å². The normalized spacial score (nSPS) is 15.3. The summed E-state index contributed by atoms with van der Waals surface area (Å²) in [5.41, 5.74) is 11.6. The van der Waals surface area contributed by atoms with Crippen molar-refractivity contribution in [2.24, 2.45) is 0 Å². The van der Waals surface area contributed by atoms with Gasteiger partial charge in [0.2, 0.25) is 0 Å². The standard InChI is InChI=1S/C41H51N5O8/c1-9-26-21(3)30-18-32-23(5)28(11-12-36(48)49)39(45-32)29(17-37(50)52-8)40-38(41(51)42-13-14-53-15-16-54-25(7)47)24(6)33(46-40)20-35-27(10-2)22(4)31(44-35)19-34(26)43-30/h18-20,23,28,43-44H,9-17H2,1-8H3,(H,42,51)(H,48,49). The van der Waals surface area contributed by atoms with Crippen LogP contribution < -0.4 is 5.32 Å². The second-order valence-electron chi connectivity index (χ2n) is 13.8. The number of hydrogen-bond acceptors (Lipinski definition) is 9. The molecule has 0 fully saturated rings. The Morgan fingerprint density at radius 2 is 1.52 bits per heavy atom. The number of allylic oxidation sites excluding steroid dienone is 1. The highest BCUT2D eigenvalue weighted by Gasteiger charge is 2.35. The van der Waals surface area contributed by atoms with E-state index in [9.17, 15) is 24.3 Å². The Morgan fingerprint density at radius 1 is 0.870 bits per heavy atom. The fourth-order valence-corrected chi connectivity index (χ4v) is 7.51. The third kappa shape index (κ3) is 8.41. The predicted octanol–water partition coefficient (Wildman–Crippen LogP) is 6.15. The predicted molar refractivity (Wildman–Crippen MR) is 206 cm³/mol. The van der Waals surface area contributed by atoms with Gasteiger partial charge >= 0.3 is 17.9 Å². The average Bonchev–Trinajstić information content (AvgIpc) is 3.81. The molecule has 0 saturated heterocycles. The highest BCUT2D eigenvalue weighted by molar-refractivity contribution is 6.27. The van der Waals surface area contributed by atoms with Crippen LogP contribution in [0.3, 0.4) is 0 Å². The minimum Gasteiger partial charge on any atom is -0.481 e. The summed E-state index contributed by atoms with van der Waals surface area (Å²) >= 11 is 0. The van der Waals surface area contributed by atoms with Crippen LogP contribution in [0.4, 0.5) is 0 Å². The second-order valence-corrected chi connectivity index (χ2v) is 13.8. The quantitative estimate of drug-likeness (QED) is 0.110. The maximum absolute atomic E-state index is 14.2. The van der Waals surface area contributed by atoms with Crippen LogP contribution in [0.15, 0.2) is 18.2 Å². The number of hydrogen-bond donors (Lipinski definition) is 4. The summed E-state index contributed by atoms with van der Waals surface area (Å²) in [4.78, 5) is 67.8. The molecule has 1 amide bonds. The molecule has 2 aliphatic rings. The number of carbonyl (C=O) groups is 4. The molecule has 8 bridgehead atoms. The van der Waals surface area contributed by atoms with Gasteiger partial charge in [-0.05, 0) is 86.1 Å². The molecule has 2 aliphatic heterocycles. The number of carboxylic acids is 1. The van der Waals surface area contributed by atoms with E-state index in [1.807, 2.05) is 26.0 Å². The van der Waals surface area contributed by atoms with Crippen LogP contribution in [0, 0.1) is 13.8 Å². The molecular formula is C41H51N5O8. The van der Waals surface area contributed by atoms with Crippen molar-refractivity contribution in [2.45, 2.75) is 92.4 Å².